The van der Waals surface area contributed by atoms with Gasteiger partial charge in [0, 0.05) is 0 Å². The van der Waals surface area contributed by atoms with E-state index in [4.69, 9.17) is 9.05 Å². The topological polar surface area (TPSA) is 35.5 Å². The van der Waals surface area contributed by atoms with Gasteiger partial charge in [0.15, 0.2) is 0 Å². The van der Waals surface area contributed by atoms with Crippen LogP contribution < -0.4 is 0 Å². The van der Waals surface area contributed by atoms with Crippen molar-refractivity contribution < 1.29 is 18.0 Å². The van der Waals surface area contributed by atoms with Crippen LogP contribution in [0, 0.1) is 0 Å². The van der Waals surface area contributed by atoms with Crippen LogP contribution in [0.3, 0.4) is 0 Å². The van der Waals surface area contributed by atoms with Crippen LogP contribution in [0.4, 0.5) is 4.39 Å². The molecular weight excluding hydrogens is 194 g/mol. The van der Waals surface area contributed by atoms with E-state index in [1.54, 1.807) is 20.8 Å². The third kappa shape index (κ3) is 4.03. The van der Waals surface area contributed by atoms with Gasteiger partial charge in [-0.25, -0.2) is 0 Å². The number of rotatable bonds is 6. The van der Waals surface area contributed by atoms with Gasteiger partial charge in [-0.15, -0.1) is 0 Å². The number of hydrogen-bond acceptors (Lipinski definition) is 3. The SMILES string of the molecule is CCC=C(F)P(=O)(OCC)OCC. The average Bonchev–Trinajstić information content (AvgIpc) is 2.05. The van der Waals surface area contributed by atoms with Crippen molar-refractivity contribution in [1.82, 2.24) is 0 Å². The van der Waals surface area contributed by atoms with E-state index in [0.717, 1.165) is 0 Å². The smallest absolute Gasteiger partial charge is 0.304 e. The minimum absolute atomic E-state index is 0.169. The molecule has 78 valence electrons. The number of halogens is 1. The molecule has 0 saturated carbocycles. The Kier molecular flexibility index (Phi) is 6.21. The van der Waals surface area contributed by atoms with E-state index < -0.39 is 13.2 Å². The summed E-state index contributed by atoms with van der Waals surface area (Å²) in [6.45, 7) is 5.38. The summed E-state index contributed by atoms with van der Waals surface area (Å²) >= 11 is 0. The van der Waals surface area contributed by atoms with Crippen LogP contribution in [-0.2, 0) is 13.6 Å². The molecule has 0 heterocycles. The molecule has 0 fully saturated rings. The van der Waals surface area contributed by atoms with Crippen LogP contribution in [0.1, 0.15) is 27.2 Å². The molecule has 0 aromatic carbocycles. The molecule has 0 amide bonds. The molecule has 0 aliphatic heterocycles. The van der Waals surface area contributed by atoms with Crippen LogP contribution in [0.5, 0.6) is 0 Å². The third-order valence-corrected chi connectivity index (χ3v) is 3.13. The second-order valence-electron chi connectivity index (χ2n) is 2.27. The highest BCUT2D eigenvalue weighted by molar-refractivity contribution is 7.58. The lowest BCUT2D eigenvalue weighted by Crippen LogP contribution is -1.96. The highest BCUT2D eigenvalue weighted by Crippen LogP contribution is 2.56. The average molecular weight is 210 g/mol. The molecule has 0 bridgehead atoms. The van der Waals surface area contributed by atoms with E-state index in [0.29, 0.717) is 6.42 Å². The van der Waals surface area contributed by atoms with Gasteiger partial charge in [0.1, 0.15) is 0 Å². The monoisotopic (exact) mass is 210 g/mol. The summed E-state index contributed by atoms with van der Waals surface area (Å²) in [6.07, 6.45) is 1.68. The summed E-state index contributed by atoms with van der Waals surface area (Å²) in [5.74, 6) is 0. The van der Waals surface area contributed by atoms with Crippen LogP contribution in [-0.4, -0.2) is 13.2 Å². The second-order valence-corrected chi connectivity index (χ2v) is 4.21. The summed E-state index contributed by atoms with van der Waals surface area (Å²) in [5.41, 5.74) is -0.793. The van der Waals surface area contributed by atoms with E-state index >= 15 is 0 Å². The maximum absolute atomic E-state index is 13.2. The lowest BCUT2D eigenvalue weighted by molar-refractivity contribution is 0.220. The van der Waals surface area contributed by atoms with Crippen LogP contribution in [0.2, 0.25) is 0 Å². The van der Waals surface area contributed by atoms with E-state index in [1.807, 2.05) is 0 Å². The zero-order valence-electron chi connectivity index (χ0n) is 8.25. The molecule has 0 aromatic heterocycles. The van der Waals surface area contributed by atoms with E-state index in [-0.39, 0.29) is 13.2 Å². The first-order valence-corrected chi connectivity index (χ1v) is 5.90. The first kappa shape index (κ1) is 12.8. The quantitative estimate of drug-likeness (QED) is 0.629. The van der Waals surface area contributed by atoms with Gasteiger partial charge in [0.05, 0.1) is 13.2 Å². The molecule has 0 spiro atoms. The van der Waals surface area contributed by atoms with Crippen molar-refractivity contribution in [2.24, 2.45) is 0 Å². The largest absolute Gasteiger partial charge is 0.389 e. The summed E-state index contributed by atoms with van der Waals surface area (Å²) in [6, 6.07) is 0. The van der Waals surface area contributed by atoms with Crippen LogP contribution in [0.25, 0.3) is 0 Å². The molecule has 0 atom stereocenters. The summed E-state index contributed by atoms with van der Waals surface area (Å²) in [4.78, 5) is 0. The van der Waals surface area contributed by atoms with Crippen molar-refractivity contribution in [2.75, 3.05) is 13.2 Å². The normalized spacial score (nSPS) is 13.4. The predicted octanol–water partition coefficient (Wildman–Crippen LogP) is 3.47. The fourth-order valence-electron chi connectivity index (χ4n) is 0.781. The molecule has 0 unspecified atom stereocenters. The van der Waals surface area contributed by atoms with Crippen molar-refractivity contribution in [3.63, 3.8) is 0 Å². The Labute approximate surface area is 78.5 Å². The lowest BCUT2D eigenvalue weighted by atomic mass is 10.5. The van der Waals surface area contributed by atoms with Crippen molar-refractivity contribution in [3.05, 3.63) is 11.6 Å². The van der Waals surface area contributed by atoms with Gasteiger partial charge in [0.25, 0.3) is 0 Å². The zero-order valence-corrected chi connectivity index (χ0v) is 9.14. The Bertz CT molecular complexity index is 205. The molecule has 0 N–H and O–H groups in total. The molecule has 13 heavy (non-hydrogen) atoms. The number of hydrogen-bond donors (Lipinski definition) is 0. The molecule has 0 aliphatic carbocycles. The molecule has 0 aromatic rings. The molecule has 3 nitrogen and oxygen atoms in total. The summed E-state index contributed by atoms with van der Waals surface area (Å²) in [5, 5.41) is 0. The van der Waals surface area contributed by atoms with Crippen LogP contribution >= 0.6 is 7.60 Å². The Morgan fingerprint density at radius 3 is 2.08 bits per heavy atom. The number of allylic oxidation sites excluding steroid dienone is 1. The maximum Gasteiger partial charge on any atom is 0.389 e. The first-order valence-electron chi connectivity index (χ1n) is 4.36. The third-order valence-electron chi connectivity index (χ3n) is 1.23. The molecule has 5 heteroatoms. The maximum atomic E-state index is 13.2. The highest BCUT2D eigenvalue weighted by Gasteiger charge is 2.29. The van der Waals surface area contributed by atoms with Gasteiger partial charge >= 0.3 is 7.60 Å². The van der Waals surface area contributed by atoms with Crippen LogP contribution in [0.15, 0.2) is 11.6 Å². The molecule has 0 aliphatic rings. The summed E-state index contributed by atoms with van der Waals surface area (Å²) in [7, 11) is -3.63. The molecule has 0 radical (unpaired) electrons. The summed E-state index contributed by atoms with van der Waals surface area (Å²) < 4.78 is 34.3. The first-order chi connectivity index (χ1) is 6.10. The highest BCUT2D eigenvalue weighted by atomic mass is 31.2. The Balaban J connectivity index is 4.57. The Morgan fingerprint density at radius 2 is 1.77 bits per heavy atom. The Morgan fingerprint density at radius 1 is 1.31 bits per heavy atom. The van der Waals surface area contributed by atoms with Crippen molar-refractivity contribution >= 4 is 7.60 Å². The predicted molar refractivity (Wildman–Crippen MR) is 50.3 cm³/mol. The lowest BCUT2D eigenvalue weighted by Gasteiger charge is -2.14. The van der Waals surface area contributed by atoms with Crippen molar-refractivity contribution in [3.8, 4) is 0 Å². The second kappa shape index (κ2) is 6.30. The molecule has 0 saturated heterocycles. The minimum Gasteiger partial charge on any atom is -0.304 e. The van der Waals surface area contributed by atoms with E-state index in [9.17, 15) is 8.96 Å². The van der Waals surface area contributed by atoms with E-state index in [1.165, 1.54) is 6.08 Å². The van der Waals surface area contributed by atoms with Gasteiger partial charge < -0.3 is 9.05 Å². The van der Waals surface area contributed by atoms with Crippen molar-refractivity contribution in [1.29, 1.82) is 0 Å². The zero-order chi connectivity index (χ0) is 10.3. The van der Waals surface area contributed by atoms with Gasteiger partial charge in [-0.2, -0.15) is 4.39 Å². The van der Waals surface area contributed by atoms with E-state index in [2.05, 4.69) is 0 Å². The molecule has 0 rings (SSSR count). The van der Waals surface area contributed by atoms with Gasteiger partial charge in [-0.05, 0) is 26.3 Å². The van der Waals surface area contributed by atoms with Gasteiger partial charge in [-0.1, -0.05) is 6.92 Å². The Hall–Kier alpha value is -0.180. The minimum atomic E-state index is -3.63. The fourth-order valence-corrected chi connectivity index (χ4v) is 2.19. The van der Waals surface area contributed by atoms with Crippen molar-refractivity contribution in [2.45, 2.75) is 27.2 Å². The molecular formula is C8H16FO3P. The van der Waals surface area contributed by atoms with Gasteiger partial charge in [-0.3, -0.25) is 4.57 Å². The van der Waals surface area contributed by atoms with Gasteiger partial charge in [0.2, 0.25) is 5.57 Å². The standard InChI is InChI=1S/C8H16FO3P/c1-4-7-8(9)13(10,11-5-2)12-6-3/h7H,4-6H2,1-3H3. The fraction of sp³-hybridized carbons (Fsp3) is 0.750.